The molecule has 7 heteroatoms. The topological polar surface area (TPSA) is 75.3 Å². The van der Waals surface area contributed by atoms with E-state index in [1.165, 1.54) is 0 Å². The van der Waals surface area contributed by atoms with Crippen LogP contribution in [0.3, 0.4) is 0 Å². The molecular weight excluding hydrogens is 320 g/mol. The molecule has 1 fully saturated rings. The molecule has 0 unspecified atom stereocenters. The predicted molar refractivity (Wildman–Crippen MR) is 72.0 cm³/mol. The standard InChI is InChI=1S/C11H7BrN2O3S/c12-6-2-1-3-7(4-6)13-9(15)5-8-10(16)14-11(17)18-8/h1-5H,(H,13,15)(H,14,16,17)/b8-5-. The Kier molecular flexibility index (Phi) is 3.83. The monoisotopic (exact) mass is 326 g/mol. The van der Waals surface area contributed by atoms with Gasteiger partial charge in [-0.05, 0) is 30.0 Å². The van der Waals surface area contributed by atoms with Crippen molar-refractivity contribution in [2.45, 2.75) is 0 Å². The highest BCUT2D eigenvalue weighted by atomic mass is 79.9. The minimum atomic E-state index is -0.547. The lowest BCUT2D eigenvalue weighted by Crippen LogP contribution is -2.18. The number of hydrogen-bond acceptors (Lipinski definition) is 4. The average molecular weight is 327 g/mol. The van der Waals surface area contributed by atoms with E-state index in [4.69, 9.17) is 0 Å². The van der Waals surface area contributed by atoms with Crippen molar-refractivity contribution >= 4 is 50.4 Å². The van der Waals surface area contributed by atoms with Gasteiger partial charge < -0.3 is 5.32 Å². The van der Waals surface area contributed by atoms with Crippen molar-refractivity contribution in [3.8, 4) is 0 Å². The highest BCUT2D eigenvalue weighted by Crippen LogP contribution is 2.23. The zero-order chi connectivity index (χ0) is 13.1. The summed E-state index contributed by atoms with van der Waals surface area (Å²) in [6.45, 7) is 0. The molecule has 0 bridgehead atoms. The van der Waals surface area contributed by atoms with Gasteiger partial charge in [0.15, 0.2) is 0 Å². The molecule has 0 radical (unpaired) electrons. The number of halogens is 1. The second kappa shape index (κ2) is 5.36. The van der Waals surface area contributed by atoms with E-state index in [1.807, 2.05) is 6.07 Å². The van der Waals surface area contributed by atoms with Gasteiger partial charge in [0.2, 0.25) is 5.91 Å². The average Bonchev–Trinajstić information content (AvgIpc) is 2.57. The van der Waals surface area contributed by atoms with Crippen LogP contribution >= 0.6 is 27.7 Å². The Bertz CT molecular complexity index is 571. The van der Waals surface area contributed by atoms with E-state index in [2.05, 4.69) is 26.6 Å². The molecule has 0 spiro atoms. The molecule has 0 aliphatic carbocycles. The molecule has 1 aliphatic rings. The van der Waals surface area contributed by atoms with E-state index >= 15 is 0 Å². The number of benzene rings is 1. The molecule has 5 nitrogen and oxygen atoms in total. The van der Waals surface area contributed by atoms with Gasteiger partial charge in [0.05, 0.1) is 4.91 Å². The second-order valence-corrected chi connectivity index (χ2v) is 5.28. The minimum absolute atomic E-state index is 0.0903. The number of rotatable bonds is 2. The molecule has 1 aromatic carbocycles. The first-order valence-corrected chi connectivity index (χ1v) is 6.47. The number of anilines is 1. The van der Waals surface area contributed by atoms with Gasteiger partial charge >= 0.3 is 0 Å². The number of carbonyl (C=O) groups is 3. The van der Waals surface area contributed by atoms with Crippen molar-refractivity contribution < 1.29 is 14.4 Å². The van der Waals surface area contributed by atoms with Crippen LogP contribution in [0.1, 0.15) is 0 Å². The van der Waals surface area contributed by atoms with Gasteiger partial charge in [-0.3, -0.25) is 19.7 Å². The highest BCUT2D eigenvalue weighted by Gasteiger charge is 2.25. The van der Waals surface area contributed by atoms with E-state index in [1.54, 1.807) is 18.2 Å². The summed E-state index contributed by atoms with van der Waals surface area (Å²) < 4.78 is 0.830. The first-order chi connectivity index (χ1) is 8.54. The molecule has 18 heavy (non-hydrogen) atoms. The smallest absolute Gasteiger partial charge is 0.290 e. The number of thioether (sulfide) groups is 1. The van der Waals surface area contributed by atoms with E-state index in [0.29, 0.717) is 17.4 Å². The van der Waals surface area contributed by atoms with Gasteiger partial charge in [0, 0.05) is 16.2 Å². The maximum Gasteiger partial charge on any atom is 0.290 e. The summed E-state index contributed by atoms with van der Waals surface area (Å²) in [5, 5.41) is 4.20. The Morgan fingerprint density at radius 3 is 2.78 bits per heavy atom. The zero-order valence-corrected chi connectivity index (χ0v) is 11.3. The summed E-state index contributed by atoms with van der Waals surface area (Å²) in [5.41, 5.74) is 0.598. The van der Waals surface area contributed by atoms with Gasteiger partial charge in [-0.15, -0.1) is 0 Å². The number of nitrogens with one attached hydrogen (secondary N) is 2. The van der Waals surface area contributed by atoms with Gasteiger partial charge in [-0.1, -0.05) is 22.0 Å². The van der Waals surface area contributed by atoms with Crippen molar-refractivity contribution in [1.29, 1.82) is 0 Å². The molecule has 3 amide bonds. The number of carbonyl (C=O) groups excluding carboxylic acids is 3. The molecule has 1 aromatic rings. The molecule has 0 atom stereocenters. The summed E-state index contributed by atoms with van der Waals surface area (Å²) in [7, 11) is 0. The molecule has 1 heterocycles. The maximum atomic E-state index is 11.6. The third-order valence-corrected chi connectivity index (χ3v) is 3.30. The molecule has 0 saturated carbocycles. The van der Waals surface area contributed by atoms with Gasteiger partial charge in [-0.25, -0.2) is 0 Å². The molecular formula is C11H7BrN2O3S. The van der Waals surface area contributed by atoms with Crippen molar-refractivity contribution in [2.24, 2.45) is 0 Å². The molecule has 2 rings (SSSR count). The van der Waals surface area contributed by atoms with E-state index < -0.39 is 17.1 Å². The van der Waals surface area contributed by atoms with Crippen molar-refractivity contribution in [3.63, 3.8) is 0 Å². The lowest BCUT2D eigenvalue weighted by molar-refractivity contribution is -0.116. The number of imide groups is 1. The number of hydrogen-bond donors (Lipinski definition) is 2. The first kappa shape index (κ1) is 12.8. The van der Waals surface area contributed by atoms with E-state index in [9.17, 15) is 14.4 Å². The second-order valence-electron chi connectivity index (χ2n) is 3.35. The summed E-state index contributed by atoms with van der Waals surface area (Å²) in [5.74, 6) is -1.00. The van der Waals surface area contributed by atoms with Crippen molar-refractivity contribution in [3.05, 3.63) is 39.7 Å². The van der Waals surface area contributed by atoms with Crippen LogP contribution in [0.4, 0.5) is 10.5 Å². The zero-order valence-electron chi connectivity index (χ0n) is 8.90. The first-order valence-electron chi connectivity index (χ1n) is 4.86. The SMILES string of the molecule is O=C(/C=C1\SC(=O)NC1=O)Nc1cccc(Br)c1. The fraction of sp³-hybridized carbons (Fsp3) is 0. The summed E-state index contributed by atoms with van der Waals surface area (Å²) in [4.78, 5) is 33.8. The van der Waals surface area contributed by atoms with Crippen LogP contribution in [0.15, 0.2) is 39.7 Å². The Balaban J connectivity index is 2.07. The molecule has 1 aliphatic heterocycles. The van der Waals surface area contributed by atoms with Gasteiger partial charge in [0.1, 0.15) is 0 Å². The minimum Gasteiger partial charge on any atom is -0.322 e. The highest BCUT2D eigenvalue weighted by molar-refractivity contribution is 9.10. The Hall–Kier alpha value is -1.60. The number of amides is 3. The largest absolute Gasteiger partial charge is 0.322 e. The molecule has 1 saturated heterocycles. The fourth-order valence-electron chi connectivity index (χ4n) is 1.28. The quantitative estimate of drug-likeness (QED) is 0.817. The third-order valence-electron chi connectivity index (χ3n) is 2.00. The maximum absolute atomic E-state index is 11.6. The van der Waals surface area contributed by atoms with Crippen LogP contribution in [0.2, 0.25) is 0 Å². The lowest BCUT2D eigenvalue weighted by Gasteiger charge is -2.02. The molecule has 2 N–H and O–H groups in total. The predicted octanol–water partition coefficient (Wildman–Crippen LogP) is 2.25. The normalized spacial score (nSPS) is 16.8. The summed E-state index contributed by atoms with van der Waals surface area (Å²) >= 11 is 3.99. The van der Waals surface area contributed by atoms with Crippen LogP contribution in [-0.2, 0) is 9.59 Å². The van der Waals surface area contributed by atoms with Crippen LogP contribution in [0.25, 0.3) is 0 Å². The lowest BCUT2D eigenvalue weighted by atomic mass is 10.3. The Labute approximate surface area is 115 Å². The molecule has 0 aromatic heterocycles. The Morgan fingerprint density at radius 1 is 1.39 bits per heavy atom. The van der Waals surface area contributed by atoms with E-state index in [0.717, 1.165) is 10.5 Å². The van der Waals surface area contributed by atoms with Crippen molar-refractivity contribution in [1.82, 2.24) is 5.32 Å². The molecule has 92 valence electrons. The van der Waals surface area contributed by atoms with E-state index in [-0.39, 0.29) is 4.91 Å². The van der Waals surface area contributed by atoms with Crippen LogP contribution in [-0.4, -0.2) is 17.1 Å². The Morgan fingerprint density at radius 2 is 2.17 bits per heavy atom. The van der Waals surface area contributed by atoms with Crippen molar-refractivity contribution in [2.75, 3.05) is 5.32 Å². The summed E-state index contributed by atoms with van der Waals surface area (Å²) in [6, 6.07) is 7.04. The third kappa shape index (κ3) is 3.21. The van der Waals surface area contributed by atoms with Crippen LogP contribution in [0.5, 0.6) is 0 Å². The summed E-state index contributed by atoms with van der Waals surface area (Å²) in [6.07, 6.45) is 1.10. The van der Waals surface area contributed by atoms with Gasteiger partial charge in [0.25, 0.3) is 11.1 Å². The van der Waals surface area contributed by atoms with Crippen LogP contribution < -0.4 is 10.6 Å². The van der Waals surface area contributed by atoms with Crippen LogP contribution in [0, 0.1) is 0 Å². The van der Waals surface area contributed by atoms with Gasteiger partial charge in [-0.2, -0.15) is 0 Å². The fourth-order valence-corrected chi connectivity index (χ4v) is 2.34.